The Hall–Kier alpha value is -1.33. The standard InChI is InChI=1S/C15H24ClN3O2/c1-15(2,3)12(7-8-20)18-14(21)10-19(4)13-6-5-11(16)9-17-13/h5-6,9,12,20H,7-8,10H2,1-4H3,(H,18,21). The molecule has 0 spiro atoms. The third-order valence-corrected chi connectivity index (χ3v) is 3.51. The van der Waals surface area contributed by atoms with Gasteiger partial charge in [0.15, 0.2) is 0 Å². The van der Waals surface area contributed by atoms with E-state index in [0.717, 1.165) is 0 Å². The van der Waals surface area contributed by atoms with Crippen molar-refractivity contribution in [3.63, 3.8) is 0 Å². The lowest BCUT2D eigenvalue weighted by Crippen LogP contribution is -2.47. The molecule has 1 rings (SSSR count). The van der Waals surface area contributed by atoms with Crippen LogP contribution in [0.5, 0.6) is 0 Å². The Balaban J connectivity index is 2.61. The summed E-state index contributed by atoms with van der Waals surface area (Å²) in [6, 6.07) is 3.44. The zero-order chi connectivity index (χ0) is 16.0. The maximum absolute atomic E-state index is 12.1. The molecule has 0 fully saturated rings. The highest BCUT2D eigenvalue weighted by Crippen LogP contribution is 2.21. The van der Waals surface area contributed by atoms with Gasteiger partial charge in [-0.25, -0.2) is 4.98 Å². The van der Waals surface area contributed by atoms with Gasteiger partial charge in [-0.2, -0.15) is 0 Å². The predicted molar refractivity (Wildman–Crippen MR) is 85.6 cm³/mol. The number of aromatic nitrogens is 1. The van der Waals surface area contributed by atoms with Gasteiger partial charge >= 0.3 is 0 Å². The molecule has 0 aliphatic carbocycles. The lowest BCUT2D eigenvalue weighted by atomic mass is 9.85. The number of rotatable bonds is 6. The molecule has 6 heteroatoms. The van der Waals surface area contributed by atoms with Crippen LogP contribution in [0.2, 0.25) is 5.02 Å². The Bertz CT molecular complexity index is 457. The van der Waals surface area contributed by atoms with Crippen LogP contribution in [0, 0.1) is 5.41 Å². The average Bonchev–Trinajstić information content (AvgIpc) is 2.37. The SMILES string of the molecule is CN(CC(=O)NC(CCO)C(C)(C)C)c1ccc(Cl)cn1. The lowest BCUT2D eigenvalue weighted by molar-refractivity contribution is -0.121. The number of halogens is 1. The molecule has 0 saturated heterocycles. The molecule has 1 aromatic heterocycles. The first-order valence-electron chi connectivity index (χ1n) is 6.97. The van der Waals surface area contributed by atoms with Gasteiger partial charge in [-0.1, -0.05) is 32.4 Å². The number of hydrogen-bond donors (Lipinski definition) is 2. The second-order valence-electron chi connectivity index (χ2n) is 6.19. The van der Waals surface area contributed by atoms with Crippen LogP contribution in [0.4, 0.5) is 5.82 Å². The van der Waals surface area contributed by atoms with Crippen LogP contribution in [-0.2, 0) is 4.79 Å². The van der Waals surface area contributed by atoms with E-state index < -0.39 is 0 Å². The molecular weight excluding hydrogens is 290 g/mol. The Morgan fingerprint density at radius 1 is 1.48 bits per heavy atom. The van der Waals surface area contributed by atoms with Crippen LogP contribution >= 0.6 is 11.6 Å². The Kier molecular flexibility index (Phi) is 6.42. The van der Waals surface area contributed by atoms with Gasteiger partial charge in [0, 0.05) is 25.9 Å². The van der Waals surface area contributed by atoms with Gasteiger partial charge in [0.25, 0.3) is 0 Å². The molecule has 118 valence electrons. The van der Waals surface area contributed by atoms with Gasteiger partial charge in [0.05, 0.1) is 11.6 Å². The second-order valence-corrected chi connectivity index (χ2v) is 6.63. The topological polar surface area (TPSA) is 65.5 Å². The van der Waals surface area contributed by atoms with Crippen molar-refractivity contribution >= 4 is 23.3 Å². The molecular formula is C15H24ClN3O2. The Labute approximate surface area is 131 Å². The summed E-state index contributed by atoms with van der Waals surface area (Å²) in [6.07, 6.45) is 2.09. The minimum Gasteiger partial charge on any atom is -0.396 e. The van der Waals surface area contributed by atoms with E-state index in [2.05, 4.69) is 10.3 Å². The van der Waals surface area contributed by atoms with Gasteiger partial charge in [0.2, 0.25) is 5.91 Å². The number of aliphatic hydroxyl groups is 1. The van der Waals surface area contributed by atoms with Crippen molar-refractivity contribution < 1.29 is 9.90 Å². The van der Waals surface area contributed by atoms with Crippen molar-refractivity contribution in [1.82, 2.24) is 10.3 Å². The third kappa shape index (κ3) is 5.89. The smallest absolute Gasteiger partial charge is 0.239 e. The van der Waals surface area contributed by atoms with E-state index in [1.165, 1.54) is 0 Å². The highest BCUT2D eigenvalue weighted by atomic mass is 35.5. The van der Waals surface area contributed by atoms with Crippen molar-refractivity contribution in [2.45, 2.75) is 33.2 Å². The van der Waals surface area contributed by atoms with E-state index in [-0.39, 0.29) is 30.5 Å². The van der Waals surface area contributed by atoms with Crippen LogP contribution in [0.1, 0.15) is 27.2 Å². The van der Waals surface area contributed by atoms with E-state index in [0.29, 0.717) is 17.3 Å². The largest absolute Gasteiger partial charge is 0.396 e. The van der Waals surface area contributed by atoms with Gasteiger partial charge < -0.3 is 15.3 Å². The first-order chi connectivity index (χ1) is 9.74. The van der Waals surface area contributed by atoms with E-state index in [4.69, 9.17) is 16.7 Å². The average molecular weight is 314 g/mol. The zero-order valence-corrected chi connectivity index (χ0v) is 13.8. The van der Waals surface area contributed by atoms with Crippen LogP contribution in [0.25, 0.3) is 0 Å². The van der Waals surface area contributed by atoms with Crippen molar-refractivity contribution in [1.29, 1.82) is 0 Å². The number of nitrogens with one attached hydrogen (secondary N) is 1. The van der Waals surface area contributed by atoms with E-state index >= 15 is 0 Å². The Morgan fingerprint density at radius 2 is 2.14 bits per heavy atom. The fourth-order valence-corrected chi connectivity index (χ4v) is 2.09. The lowest BCUT2D eigenvalue weighted by Gasteiger charge is -2.31. The molecule has 0 aliphatic rings. The molecule has 1 amide bonds. The van der Waals surface area contributed by atoms with Gasteiger partial charge in [-0.3, -0.25) is 4.79 Å². The van der Waals surface area contributed by atoms with E-state index in [1.807, 2.05) is 20.8 Å². The third-order valence-electron chi connectivity index (χ3n) is 3.28. The van der Waals surface area contributed by atoms with Gasteiger partial charge in [-0.15, -0.1) is 0 Å². The first-order valence-corrected chi connectivity index (χ1v) is 7.34. The summed E-state index contributed by atoms with van der Waals surface area (Å²) < 4.78 is 0. The van der Waals surface area contributed by atoms with Crippen molar-refractivity contribution in [3.8, 4) is 0 Å². The second kappa shape index (κ2) is 7.61. The van der Waals surface area contributed by atoms with Crippen LogP contribution in [-0.4, -0.2) is 42.2 Å². The molecule has 1 heterocycles. The molecule has 21 heavy (non-hydrogen) atoms. The fourth-order valence-electron chi connectivity index (χ4n) is 1.98. The first kappa shape index (κ1) is 17.7. The van der Waals surface area contributed by atoms with E-state index in [9.17, 15) is 4.79 Å². The molecule has 1 unspecified atom stereocenters. The predicted octanol–water partition coefficient (Wildman–Crippen LogP) is 2.08. The number of amides is 1. The van der Waals surface area contributed by atoms with Gasteiger partial charge in [-0.05, 0) is 24.0 Å². The summed E-state index contributed by atoms with van der Waals surface area (Å²) in [5, 5.41) is 12.7. The van der Waals surface area contributed by atoms with Crippen LogP contribution in [0.15, 0.2) is 18.3 Å². The summed E-state index contributed by atoms with van der Waals surface area (Å²) in [6.45, 7) is 6.37. The quantitative estimate of drug-likeness (QED) is 0.844. The molecule has 0 radical (unpaired) electrons. The molecule has 2 N–H and O–H groups in total. The summed E-state index contributed by atoms with van der Waals surface area (Å²) in [4.78, 5) is 18.1. The maximum Gasteiger partial charge on any atom is 0.239 e. The summed E-state index contributed by atoms with van der Waals surface area (Å²) in [5.41, 5.74) is -0.102. The summed E-state index contributed by atoms with van der Waals surface area (Å²) >= 11 is 5.79. The molecule has 0 bridgehead atoms. The molecule has 1 atom stereocenters. The fraction of sp³-hybridized carbons (Fsp3) is 0.600. The summed E-state index contributed by atoms with van der Waals surface area (Å²) in [5.74, 6) is 0.589. The van der Waals surface area contributed by atoms with E-state index in [1.54, 1.807) is 30.3 Å². The van der Waals surface area contributed by atoms with Crippen molar-refractivity contribution in [2.24, 2.45) is 5.41 Å². The molecule has 5 nitrogen and oxygen atoms in total. The summed E-state index contributed by atoms with van der Waals surface area (Å²) in [7, 11) is 1.80. The monoisotopic (exact) mass is 313 g/mol. The normalized spacial score (nSPS) is 12.9. The number of nitrogens with zero attached hydrogens (tertiary/aromatic N) is 2. The number of hydrogen-bond acceptors (Lipinski definition) is 4. The number of carbonyl (C=O) groups excluding carboxylic acids is 1. The van der Waals surface area contributed by atoms with Crippen LogP contribution in [0.3, 0.4) is 0 Å². The van der Waals surface area contributed by atoms with Gasteiger partial charge in [0.1, 0.15) is 5.82 Å². The van der Waals surface area contributed by atoms with Crippen molar-refractivity contribution in [2.75, 3.05) is 25.1 Å². The number of anilines is 1. The minimum absolute atomic E-state index is 0.0524. The number of likely N-dealkylation sites (N-methyl/N-ethyl adjacent to an activating group) is 1. The highest BCUT2D eigenvalue weighted by Gasteiger charge is 2.26. The van der Waals surface area contributed by atoms with Crippen LogP contribution < -0.4 is 10.2 Å². The number of aliphatic hydroxyl groups excluding tert-OH is 1. The molecule has 0 aliphatic heterocycles. The van der Waals surface area contributed by atoms with Crippen molar-refractivity contribution in [3.05, 3.63) is 23.4 Å². The Morgan fingerprint density at radius 3 is 2.62 bits per heavy atom. The molecule has 0 aromatic carbocycles. The number of pyridine rings is 1. The minimum atomic E-state index is -0.102. The molecule has 1 aromatic rings. The molecule has 0 saturated carbocycles. The highest BCUT2D eigenvalue weighted by molar-refractivity contribution is 6.30. The zero-order valence-electron chi connectivity index (χ0n) is 13.1. The number of carbonyl (C=O) groups is 1. The maximum atomic E-state index is 12.1.